The molecule has 0 spiro atoms. The van der Waals surface area contributed by atoms with Crippen molar-refractivity contribution in [2.75, 3.05) is 26.2 Å². The fraction of sp³-hybridized carbons (Fsp3) is 0.611. The summed E-state index contributed by atoms with van der Waals surface area (Å²) in [5.74, 6) is 0.941. The molecule has 0 atom stereocenters. The molecule has 1 aliphatic rings. The number of hydrogen-bond donors (Lipinski definition) is 0. The number of carbonyl (C=O) groups excluding carboxylic acids is 1. The van der Waals surface area contributed by atoms with Crippen molar-refractivity contribution in [2.24, 2.45) is 0 Å². The summed E-state index contributed by atoms with van der Waals surface area (Å²) < 4.78 is 5.65. The lowest BCUT2D eigenvalue weighted by atomic mass is 10.00. The van der Waals surface area contributed by atoms with Gasteiger partial charge in [-0.2, -0.15) is 0 Å². The lowest BCUT2D eigenvalue weighted by Crippen LogP contribution is -2.31. The largest absolute Gasteiger partial charge is 0.493 e. The molecular weight excluding hydrogens is 262 g/mol. The highest BCUT2D eigenvalue weighted by atomic mass is 16.5. The summed E-state index contributed by atoms with van der Waals surface area (Å²) in [6, 6.07) is 3.98. The Balaban J connectivity index is 2.04. The minimum absolute atomic E-state index is 0.201. The number of ether oxygens (including phenoxy) is 1. The number of nitrogens with zero attached hydrogens (tertiary/aromatic N) is 1. The van der Waals surface area contributed by atoms with Crippen molar-refractivity contribution in [1.82, 2.24) is 4.90 Å². The first-order chi connectivity index (χ1) is 10.1. The molecule has 0 bridgehead atoms. The van der Waals surface area contributed by atoms with Crippen molar-refractivity contribution < 1.29 is 9.53 Å². The zero-order chi connectivity index (χ0) is 15.2. The maximum Gasteiger partial charge on any atom is 0.167 e. The van der Waals surface area contributed by atoms with Crippen LogP contribution in [0.15, 0.2) is 12.1 Å². The average Bonchev–Trinajstić information content (AvgIpc) is 2.49. The minimum atomic E-state index is 0.201. The SMILES string of the molecule is CCOc1cc(C)c(C)cc1C(=O)CCN1CCCCC1. The Bertz CT molecular complexity index is 490. The van der Waals surface area contributed by atoms with Crippen LogP contribution in [0.1, 0.15) is 54.1 Å². The summed E-state index contributed by atoms with van der Waals surface area (Å²) in [6.45, 7) is 9.80. The summed E-state index contributed by atoms with van der Waals surface area (Å²) in [4.78, 5) is 14.9. The molecular formula is C18H27NO2. The zero-order valence-electron chi connectivity index (χ0n) is 13.6. The number of hydrogen-bond acceptors (Lipinski definition) is 3. The van der Waals surface area contributed by atoms with Crippen LogP contribution in [0, 0.1) is 13.8 Å². The molecule has 116 valence electrons. The molecule has 1 aromatic carbocycles. The van der Waals surface area contributed by atoms with Crippen molar-refractivity contribution in [2.45, 2.75) is 46.5 Å². The summed E-state index contributed by atoms with van der Waals surface area (Å²) in [5, 5.41) is 0. The van der Waals surface area contributed by atoms with Crippen LogP contribution in [0.5, 0.6) is 5.75 Å². The molecule has 3 heteroatoms. The Morgan fingerprint density at radius 1 is 1.14 bits per heavy atom. The number of benzene rings is 1. The minimum Gasteiger partial charge on any atom is -0.493 e. The molecule has 0 saturated carbocycles. The third-order valence-electron chi connectivity index (χ3n) is 4.30. The van der Waals surface area contributed by atoms with Crippen LogP contribution in [0.4, 0.5) is 0 Å². The van der Waals surface area contributed by atoms with Crippen molar-refractivity contribution in [3.63, 3.8) is 0 Å². The number of likely N-dealkylation sites (tertiary alicyclic amines) is 1. The van der Waals surface area contributed by atoms with E-state index in [0.717, 1.165) is 36.5 Å². The van der Waals surface area contributed by atoms with Crippen molar-refractivity contribution in [3.05, 3.63) is 28.8 Å². The fourth-order valence-corrected chi connectivity index (χ4v) is 2.86. The van der Waals surface area contributed by atoms with Crippen molar-refractivity contribution in [3.8, 4) is 5.75 Å². The Kier molecular flexibility index (Phi) is 5.80. The van der Waals surface area contributed by atoms with E-state index >= 15 is 0 Å². The number of piperidine rings is 1. The molecule has 1 aromatic rings. The summed E-state index contributed by atoms with van der Waals surface area (Å²) >= 11 is 0. The smallest absolute Gasteiger partial charge is 0.167 e. The van der Waals surface area contributed by atoms with E-state index in [1.807, 2.05) is 26.0 Å². The van der Waals surface area contributed by atoms with E-state index in [9.17, 15) is 4.79 Å². The van der Waals surface area contributed by atoms with Crippen LogP contribution < -0.4 is 4.74 Å². The van der Waals surface area contributed by atoms with Gasteiger partial charge < -0.3 is 9.64 Å². The van der Waals surface area contributed by atoms with Gasteiger partial charge in [-0.05, 0) is 70.0 Å². The second kappa shape index (κ2) is 7.60. The molecule has 2 rings (SSSR count). The van der Waals surface area contributed by atoms with E-state index in [1.54, 1.807) is 0 Å². The highest BCUT2D eigenvalue weighted by molar-refractivity contribution is 5.99. The van der Waals surface area contributed by atoms with E-state index in [1.165, 1.54) is 24.8 Å². The van der Waals surface area contributed by atoms with Gasteiger partial charge in [0.05, 0.1) is 12.2 Å². The van der Waals surface area contributed by atoms with Gasteiger partial charge in [-0.25, -0.2) is 0 Å². The standard InChI is InChI=1S/C18H27NO2/c1-4-21-18-13-15(3)14(2)12-16(18)17(20)8-11-19-9-6-5-7-10-19/h12-13H,4-11H2,1-3H3. The maximum absolute atomic E-state index is 12.5. The van der Waals surface area contributed by atoms with Gasteiger partial charge in [-0.1, -0.05) is 6.42 Å². The Morgan fingerprint density at radius 2 is 1.81 bits per heavy atom. The summed E-state index contributed by atoms with van der Waals surface area (Å²) in [7, 11) is 0. The predicted octanol–water partition coefficient (Wildman–Crippen LogP) is 3.76. The van der Waals surface area contributed by atoms with Gasteiger partial charge in [-0.3, -0.25) is 4.79 Å². The molecule has 1 aliphatic heterocycles. The first kappa shape index (κ1) is 16.0. The molecule has 3 nitrogen and oxygen atoms in total. The number of aryl methyl sites for hydroxylation is 2. The highest BCUT2D eigenvalue weighted by Gasteiger charge is 2.17. The fourth-order valence-electron chi connectivity index (χ4n) is 2.86. The van der Waals surface area contributed by atoms with E-state index < -0.39 is 0 Å². The highest BCUT2D eigenvalue weighted by Crippen LogP contribution is 2.25. The van der Waals surface area contributed by atoms with E-state index in [0.29, 0.717) is 13.0 Å². The topological polar surface area (TPSA) is 29.5 Å². The van der Waals surface area contributed by atoms with Gasteiger partial charge in [-0.15, -0.1) is 0 Å². The number of ketones is 1. The second-order valence-electron chi connectivity index (χ2n) is 5.94. The van der Waals surface area contributed by atoms with Crippen molar-refractivity contribution in [1.29, 1.82) is 0 Å². The maximum atomic E-state index is 12.5. The normalized spacial score (nSPS) is 16.0. The third kappa shape index (κ3) is 4.31. The van der Waals surface area contributed by atoms with Gasteiger partial charge in [0, 0.05) is 13.0 Å². The number of rotatable bonds is 6. The molecule has 1 saturated heterocycles. The van der Waals surface area contributed by atoms with Crippen LogP contribution in [0.3, 0.4) is 0 Å². The summed E-state index contributed by atoms with van der Waals surface area (Å²) in [6.07, 6.45) is 4.45. The molecule has 0 N–H and O–H groups in total. The molecule has 0 unspecified atom stereocenters. The van der Waals surface area contributed by atoms with Gasteiger partial charge in [0.1, 0.15) is 5.75 Å². The predicted molar refractivity (Wildman–Crippen MR) is 86.3 cm³/mol. The first-order valence-electron chi connectivity index (χ1n) is 8.11. The zero-order valence-corrected chi connectivity index (χ0v) is 13.6. The molecule has 1 heterocycles. The first-order valence-corrected chi connectivity index (χ1v) is 8.11. The summed E-state index contributed by atoms with van der Waals surface area (Å²) in [5.41, 5.74) is 3.07. The molecule has 0 amide bonds. The quantitative estimate of drug-likeness (QED) is 0.747. The van der Waals surface area contributed by atoms with E-state index in [-0.39, 0.29) is 5.78 Å². The lowest BCUT2D eigenvalue weighted by Gasteiger charge is -2.26. The number of carbonyl (C=O) groups is 1. The monoisotopic (exact) mass is 289 g/mol. The Morgan fingerprint density at radius 3 is 2.48 bits per heavy atom. The van der Waals surface area contributed by atoms with Crippen LogP contribution in [-0.4, -0.2) is 36.9 Å². The Hall–Kier alpha value is -1.35. The van der Waals surface area contributed by atoms with E-state index in [2.05, 4.69) is 11.8 Å². The van der Waals surface area contributed by atoms with Gasteiger partial charge in [0.25, 0.3) is 0 Å². The van der Waals surface area contributed by atoms with Crippen LogP contribution in [0.25, 0.3) is 0 Å². The van der Waals surface area contributed by atoms with Gasteiger partial charge in [0.2, 0.25) is 0 Å². The second-order valence-corrected chi connectivity index (χ2v) is 5.94. The molecule has 21 heavy (non-hydrogen) atoms. The lowest BCUT2D eigenvalue weighted by molar-refractivity contribution is 0.0955. The van der Waals surface area contributed by atoms with E-state index in [4.69, 9.17) is 4.74 Å². The van der Waals surface area contributed by atoms with Crippen LogP contribution in [-0.2, 0) is 0 Å². The Labute approximate surface area is 128 Å². The molecule has 1 fully saturated rings. The third-order valence-corrected chi connectivity index (χ3v) is 4.30. The molecule has 0 radical (unpaired) electrons. The number of Topliss-reactive ketones (excluding diaryl/α,β-unsaturated/α-hetero) is 1. The van der Waals surface area contributed by atoms with Gasteiger partial charge >= 0.3 is 0 Å². The average molecular weight is 289 g/mol. The molecule has 0 aliphatic carbocycles. The van der Waals surface area contributed by atoms with Gasteiger partial charge in [0.15, 0.2) is 5.78 Å². The molecule has 0 aromatic heterocycles. The van der Waals surface area contributed by atoms with Crippen LogP contribution in [0.2, 0.25) is 0 Å². The van der Waals surface area contributed by atoms with Crippen LogP contribution >= 0.6 is 0 Å². The van der Waals surface area contributed by atoms with Crippen molar-refractivity contribution >= 4 is 5.78 Å².